The summed E-state index contributed by atoms with van der Waals surface area (Å²) < 4.78 is 0. The molecule has 0 radical (unpaired) electrons. The Kier molecular flexibility index (Phi) is 5.67. The summed E-state index contributed by atoms with van der Waals surface area (Å²) in [6.45, 7) is 8.44. The van der Waals surface area contributed by atoms with Crippen LogP contribution in [0.3, 0.4) is 0 Å². The van der Waals surface area contributed by atoms with Gasteiger partial charge in [-0.25, -0.2) is 0 Å². The molecule has 0 aliphatic rings. The number of anilines is 2. The van der Waals surface area contributed by atoms with Crippen LogP contribution in [0.1, 0.15) is 37.6 Å². The molecule has 0 spiro atoms. The highest BCUT2D eigenvalue weighted by molar-refractivity contribution is 5.96. The summed E-state index contributed by atoms with van der Waals surface area (Å²) in [4.78, 5) is 13.8. The first kappa shape index (κ1) is 15.3. The lowest BCUT2D eigenvalue weighted by molar-refractivity contribution is 0.0963. The van der Waals surface area contributed by atoms with Gasteiger partial charge in [0.15, 0.2) is 0 Å². The fraction of sp³-hybridized carbons (Fsp3) is 0.533. The lowest BCUT2D eigenvalue weighted by Crippen LogP contribution is -2.29. The molecule has 1 rings (SSSR count). The Balaban J connectivity index is 2.96. The number of carbonyl (C=O) groups excluding carboxylic acids is 1. The van der Waals surface area contributed by atoms with Crippen LogP contribution in [-0.2, 0) is 0 Å². The van der Waals surface area contributed by atoms with Gasteiger partial charge in [-0.1, -0.05) is 20.3 Å². The van der Waals surface area contributed by atoms with Crippen molar-refractivity contribution in [1.82, 2.24) is 5.32 Å². The van der Waals surface area contributed by atoms with Crippen molar-refractivity contribution in [2.24, 2.45) is 5.92 Å². The summed E-state index contributed by atoms with van der Waals surface area (Å²) in [6, 6.07) is 5.50. The zero-order valence-electron chi connectivity index (χ0n) is 12.4. The predicted molar refractivity (Wildman–Crippen MR) is 81.6 cm³/mol. The SMILES string of the molecule is CCC(C)CN(CC)c1ccc(C(=O)NC)cc1N. The Morgan fingerprint density at radius 2 is 2.11 bits per heavy atom. The molecule has 0 aromatic heterocycles. The fourth-order valence-electron chi connectivity index (χ4n) is 2.03. The zero-order valence-corrected chi connectivity index (χ0v) is 12.4. The average molecular weight is 263 g/mol. The van der Waals surface area contributed by atoms with Gasteiger partial charge in [-0.15, -0.1) is 0 Å². The number of carbonyl (C=O) groups is 1. The quantitative estimate of drug-likeness (QED) is 0.775. The molecule has 1 amide bonds. The minimum absolute atomic E-state index is 0.108. The van der Waals surface area contributed by atoms with Gasteiger partial charge in [0.05, 0.1) is 11.4 Å². The summed E-state index contributed by atoms with van der Waals surface area (Å²) in [6.07, 6.45) is 1.15. The van der Waals surface area contributed by atoms with E-state index in [1.54, 1.807) is 13.1 Å². The van der Waals surface area contributed by atoms with Crippen molar-refractivity contribution in [1.29, 1.82) is 0 Å². The molecule has 106 valence electrons. The van der Waals surface area contributed by atoms with Crippen LogP contribution in [0, 0.1) is 5.92 Å². The van der Waals surface area contributed by atoms with Crippen LogP contribution in [0.15, 0.2) is 18.2 Å². The van der Waals surface area contributed by atoms with E-state index in [1.807, 2.05) is 12.1 Å². The molecule has 19 heavy (non-hydrogen) atoms. The molecule has 0 bridgehead atoms. The van der Waals surface area contributed by atoms with E-state index in [4.69, 9.17) is 5.73 Å². The maximum atomic E-state index is 11.6. The Hall–Kier alpha value is -1.71. The summed E-state index contributed by atoms with van der Waals surface area (Å²) in [5.74, 6) is 0.515. The monoisotopic (exact) mass is 263 g/mol. The first-order valence-corrected chi connectivity index (χ1v) is 6.89. The van der Waals surface area contributed by atoms with Crippen molar-refractivity contribution in [2.45, 2.75) is 27.2 Å². The van der Waals surface area contributed by atoms with Crippen molar-refractivity contribution < 1.29 is 4.79 Å². The second-order valence-electron chi connectivity index (χ2n) is 4.90. The number of nitrogens with two attached hydrogens (primary N) is 1. The van der Waals surface area contributed by atoms with Crippen molar-refractivity contribution in [3.8, 4) is 0 Å². The predicted octanol–water partition coefficient (Wildman–Crippen LogP) is 2.50. The van der Waals surface area contributed by atoms with Gasteiger partial charge in [0, 0.05) is 25.7 Å². The molecular formula is C15H25N3O. The number of nitrogen functional groups attached to an aromatic ring is 1. The van der Waals surface area contributed by atoms with Gasteiger partial charge in [-0.3, -0.25) is 4.79 Å². The van der Waals surface area contributed by atoms with E-state index in [0.717, 1.165) is 25.2 Å². The molecule has 1 aromatic carbocycles. The molecule has 4 nitrogen and oxygen atoms in total. The van der Waals surface area contributed by atoms with Crippen LogP contribution < -0.4 is 16.0 Å². The number of nitrogens with zero attached hydrogens (tertiary/aromatic N) is 1. The van der Waals surface area contributed by atoms with Crippen molar-refractivity contribution in [2.75, 3.05) is 30.8 Å². The highest BCUT2D eigenvalue weighted by atomic mass is 16.1. The number of hydrogen-bond donors (Lipinski definition) is 2. The van der Waals surface area contributed by atoms with Gasteiger partial charge in [-0.05, 0) is 31.0 Å². The van der Waals surface area contributed by atoms with Crippen molar-refractivity contribution in [3.05, 3.63) is 23.8 Å². The van der Waals surface area contributed by atoms with Gasteiger partial charge < -0.3 is 16.0 Å². The van der Waals surface area contributed by atoms with Gasteiger partial charge in [-0.2, -0.15) is 0 Å². The first-order chi connectivity index (χ1) is 9.03. The first-order valence-electron chi connectivity index (χ1n) is 6.89. The van der Waals surface area contributed by atoms with E-state index >= 15 is 0 Å². The van der Waals surface area contributed by atoms with E-state index in [-0.39, 0.29) is 5.91 Å². The van der Waals surface area contributed by atoms with E-state index in [0.29, 0.717) is 17.2 Å². The summed E-state index contributed by atoms with van der Waals surface area (Å²) in [7, 11) is 1.62. The van der Waals surface area contributed by atoms with Crippen LogP contribution in [0.2, 0.25) is 0 Å². The fourth-order valence-corrected chi connectivity index (χ4v) is 2.03. The van der Waals surface area contributed by atoms with Gasteiger partial charge in [0.1, 0.15) is 0 Å². The van der Waals surface area contributed by atoms with Gasteiger partial charge in [0.25, 0.3) is 5.91 Å². The standard InChI is InChI=1S/C15H25N3O/c1-5-11(3)10-18(6-2)14-8-7-12(9-13(14)16)15(19)17-4/h7-9,11H,5-6,10,16H2,1-4H3,(H,17,19). The lowest BCUT2D eigenvalue weighted by atomic mass is 10.1. The summed E-state index contributed by atoms with van der Waals surface area (Å²) >= 11 is 0. The Morgan fingerprint density at radius 3 is 2.58 bits per heavy atom. The second-order valence-corrected chi connectivity index (χ2v) is 4.90. The molecule has 0 heterocycles. The number of rotatable bonds is 6. The number of benzene rings is 1. The molecule has 0 aliphatic carbocycles. The van der Waals surface area contributed by atoms with E-state index in [9.17, 15) is 4.79 Å². The van der Waals surface area contributed by atoms with Gasteiger partial charge >= 0.3 is 0 Å². The summed E-state index contributed by atoms with van der Waals surface area (Å²) in [5.41, 5.74) is 8.35. The highest BCUT2D eigenvalue weighted by Gasteiger charge is 2.13. The van der Waals surface area contributed by atoms with Crippen LogP contribution in [0.25, 0.3) is 0 Å². The average Bonchev–Trinajstić information content (AvgIpc) is 2.43. The molecule has 4 heteroatoms. The van der Waals surface area contributed by atoms with E-state index in [2.05, 4.69) is 31.0 Å². The molecule has 1 unspecified atom stereocenters. The minimum atomic E-state index is -0.108. The maximum absolute atomic E-state index is 11.6. The van der Waals surface area contributed by atoms with Gasteiger partial charge in [0.2, 0.25) is 0 Å². The molecule has 0 saturated heterocycles. The van der Waals surface area contributed by atoms with E-state index in [1.165, 1.54) is 0 Å². The summed E-state index contributed by atoms with van der Waals surface area (Å²) in [5, 5.41) is 2.60. The Labute approximate surface area is 116 Å². The molecule has 3 N–H and O–H groups in total. The second kappa shape index (κ2) is 7.02. The lowest BCUT2D eigenvalue weighted by Gasteiger charge is -2.27. The minimum Gasteiger partial charge on any atom is -0.397 e. The van der Waals surface area contributed by atoms with Crippen LogP contribution >= 0.6 is 0 Å². The normalized spacial score (nSPS) is 12.0. The molecule has 0 aliphatic heterocycles. The van der Waals surface area contributed by atoms with Crippen LogP contribution in [0.4, 0.5) is 11.4 Å². The van der Waals surface area contributed by atoms with Crippen molar-refractivity contribution in [3.63, 3.8) is 0 Å². The third-order valence-electron chi connectivity index (χ3n) is 3.47. The number of hydrogen-bond acceptors (Lipinski definition) is 3. The topological polar surface area (TPSA) is 58.4 Å². The number of nitrogens with one attached hydrogen (secondary N) is 1. The number of amides is 1. The molecule has 0 fully saturated rings. The third-order valence-corrected chi connectivity index (χ3v) is 3.47. The van der Waals surface area contributed by atoms with Crippen molar-refractivity contribution >= 4 is 17.3 Å². The molecule has 1 aromatic rings. The molecule has 1 atom stereocenters. The largest absolute Gasteiger partial charge is 0.397 e. The van der Waals surface area contributed by atoms with Crippen LogP contribution in [0.5, 0.6) is 0 Å². The molecular weight excluding hydrogens is 238 g/mol. The Bertz CT molecular complexity index is 431. The third kappa shape index (κ3) is 3.88. The maximum Gasteiger partial charge on any atom is 0.251 e. The van der Waals surface area contributed by atoms with Crippen LogP contribution in [-0.4, -0.2) is 26.0 Å². The highest BCUT2D eigenvalue weighted by Crippen LogP contribution is 2.25. The zero-order chi connectivity index (χ0) is 14.4. The Morgan fingerprint density at radius 1 is 1.42 bits per heavy atom. The smallest absolute Gasteiger partial charge is 0.251 e. The molecule has 0 saturated carbocycles. The van der Waals surface area contributed by atoms with E-state index < -0.39 is 0 Å².